The summed E-state index contributed by atoms with van der Waals surface area (Å²) >= 11 is 0. The van der Waals surface area contributed by atoms with Crippen molar-refractivity contribution >= 4 is 11.7 Å². The van der Waals surface area contributed by atoms with Crippen LogP contribution in [0.15, 0.2) is 36.4 Å². The molecule has 1 aromatic carbocycles. The number of hydrogen-bond acceptors (Lipinski definition) is 3. The van der Waals surface area contributed by atoms with E-state index in [4.69, 9.17) is 0 Å². The van der Waals surface area contributed by atoms with Crippen molar-refractivity contribution in [1.82, 2.24) is 0 Å². The Morgan fingerprint density at radius 2 is 2.07 bits per heavy atom. The summed E-state index contributed by atoms with van der Waals surface area (Å²) in [5.74, 6) is -0.613. The van der Waals surface area contributed by atoms with Crippen LogP contribution in [0.3, 0.4) is 0 Å². The van der Waals surface area contributed by atoms with Crippen molar-refractivity contribution in [2.45, 2.75) is 6.92 Å². The van der Waals surface area contributed by atoms with Crippen LogP contribution >= 0.6 is 0 Å². The average molecular weight is 192 g/mol. The van der Waals surface area contributed by atoms with Crippen molar-refractivity contribution in [3.05, 3.63) is 42.0 Å². The number of aliphatic hydroxyl groups excluding tert-OH is 1. The van der Waals surface area contributed by atoms with Crippen molar-refractivity contribution in [2.75, 3.05) is 6.61 Å². The number of ether oxygens (including phenoxy) is 1. The minimum absolute atomic E-state index is 0.0796. The molecule has 0 saturated carbocycles. The predicted octanol–water partition coefficient (Wildman–Crippen LogP) is 2.15. The van der Waals surface area contributed by atoms with Crippen molar-refractivity contribution in [2.24, 2.45) is 0 Å². The Morgan fingerprint density at radius 3 is 2.64 bits per heavy atom. The Balaban J connectivity index is 2.75. The highest BCUT2D eigenvalue weighted by atomic mass is 16.5. The number of rotatable bonds is 3. The molecule has 0 radical (unpaired) electrons. The lowest BCUT2D eigenvalue weighted by Gasteiger charge is -1.99. The van der Waals surface area contributed by atoms with E-state index in [-0.39, 0.29) is 5.76 Å². The Hall–Kier alpha value is -1.77. The van der Waals surface area contributed by atoms with Gasteiger partial charge in [0.05, 0.1) is 12.7 Å². The normalized spacial score (nSPS) is 11.1. The van der Waals surface area contributed by atoms with E-state index in [0.29, 0.717) is 12.2 Å². The molecule has 3 nitrogen and oxygen atoms in total. The quantitative estimate of drug-likeness (QED) is 0.453. The summed E-state index contributed by atoms with van der Waals surface area (Å²) in [7, 11) is 0. The molecule has 0 aliphatic carbocycles. The fraction of sp³-hybridized carbons (Fsp3) is 0.182. The maximum absolute atomic E-state index is 11.0. The molecule has 3 heteroatoms. The molecule has 0 aliphatic rings. The van der Waals surface area contributed by atoms with Crippen LogP contribution in [0.1, 0.15) is 12.5 Å². The van der Waals surface area contributed by atoms with Crippen LogP contribution in [0.4, 0.5) is 0 Å². The molecule has 0 atom stereocenters. The van der Waals surface area contributed by atoms with E-state index in [1.54, 1.807) is 31.2 Å². The Labute approximate surface area is 82.6 Å². The van der Waals surface area contributed by atoms with Gasteiger partial charge in [0, 0.05) is 5.56 Å². The molecule has 1 N–H and O–H groups in total. The van der Waals surface area contributed by atoms with E-state index in [1.807, 2.05) is 6.07 Å². The highest BCUT2D eigenvalue weighted by Gasteiger charge is 2.02. The first kappa shape index (κ1) is 10.3. The van der Waals surface area contributed by atoms with E-state index >= 15 is 0 Å². The van der Waals surface area contributed by atoms with Crippen molar-refractivity contribution < 1.29 is 14.6 Å². The Bertz CT molecular complexity index is 328. The molecule has 0 aromatic heterocycles. The second-order valence-corrected chi connectivity index (χ2v) is 2.65. The van der Waals surface area contributed by atoms with E-state index in [9.17, 15) is 9.90 Å². The molecule has 14 heavy (non-hydrogen) atoms. The summed E-state index contributed by atoms with van der Waals surface area (Å²) in [6, 6.07) is 8.83. The van der Waals surface area contributed by atoms with Gasteiger partial charge in [-0.15, -0.1) is 0 Å². The van der Waals surface area contributed by atoms with Crippen LogP contribution in [-0.2, 0) is 9.53 Å². The van der Waals surface area contributed by atoms with Crippen molar-refractivity contribution in [3.63, 3.8) is 0 Å². The summed E-state index contributed by atoms with van der Waals surface area (Å²) in [6.07, 6.45) is 1.07. The van der Waals surface area contributed by atoms with Gasteiger partial charge in [-0.1, -0.05) is 30.3 Å². The summed E-state index contributed by atoms with van der Waals surface area (Å²) in [5, 5.41) is 9.48. The van der Waals surface area contributed by atoms with Crippen molar-refractivity contribution in [3.8, 4) is 0 Å². The van der Waals surface area contributed by atoms with Crippen LogP contribution < -0.4 is 0 Å². The summed E-state index contributed by atoms with van der Waals surface area (Å²) in [6.45, 7) is 2.02. The van der Waals surface area contributed by atoms with Crippen molar-refractivity contribution in [1.29, 1.82) is 0 Å². The van der Waals surface area contributed by atoms with Gasteiger partial charge in [-0.3, -0.25) is 0 Å². The van der Waals surface area contributed by atoms with Crippen LogP contribution in [0, 0.1) is 0 Å². The average Bonchev–Trinajstić information content (AvgIpc) is 2.19. The number of hydrogen-bond donors (Lipinski definition) is 1. The molecular weight excluding hydrogens is 180 g/mol. The highest BCUT2D eigenvalue weighted by molar-refractivity contribution is 5.89. The van der Waals surface area contributed by atoms with Crippen LogP contribution in [0.2, 0.25) is 0 Å². The second-order valence-electron chi connectivity index (χ2n) is 2.65. The third kappa shape index (κ3) is 2.94. The molecule has 0 spiro atoms. The molecule has 1 aromatic rings. The molecule has 0 aliphatic heterocycles. The number of aliphatic hydroxyl groups is 1. The van der Waals surface area contributed by atoms with Crippen LogP contribution in [0.25, 0.3) is 5.76 Å². The largest absolute Gasteiger partial charge is 0.507 e. The first-order chi connectivity index (χ1) is 6.74. The van der Waals surface area contributed by atoms with Gasteiger partial charge in [-0.05, 0) is 6.92 Å². The zero-order valence-electron chi connectivity index (χ0n) is 7.93. The van der Waals surface area contributed by atoms with Gasteiger partial charge in [0.1, 0.15) is 5.76 Å². The lowest BCUT2D eigenvalue weighted by atomic mass is 10.2. The Morgan fingerprint density at radius 1 is 1.43 bits per heavy atom. The first-order valence-corrected chi connectivity index (χ1v) is 4.37. The number of benzene rings is 1. The van der Waals surface area contributed by atoms with Gasteiger partial charge in [0.25, 0.3) is 0 Å². The van der Waals surface area contributed by atoms with Gasteiger partial charge < -0.3 is 9.84 Å². The van der Waals surface area contributed by atoms with Gasteiger partial charge >= 0.3 is 5.97 Å². The standard InChI is InChI=1S/C11H12O3/c1-2-14-11(13)8-10(12)9-6-4-3-5-7-9/h3-8,12H,2H2,1H3/b10-8+. The number of carbonyl (C=O) groups excluding carboxylic acids is 1. The fourth-order valence-electron chi connectivity index (χ4n) is 0.988. The lowest BCUT2D eigenvalue weighted by molar-refractivity contribution is -0.137. The van der Waals surface area contributed by atoms with E-state index in [2.05, 4.69) is 4.74 Å². The van der Waals surface area contributed by atoms with Gasteiger partial charge in [-0.25, -0.2) is 4.79 Å². The van der Waals surface area contributed by atoms with Crippen LogP contribution in [0.5, 0.6) is 0 Å². The van der Waals surface area contributed by atoms with Gasteiger partial charge in [0.15, 0.2) is 0 Å². The monoisotopic (exact) mass is 192 g/mol. The topological polar surface area (TPSA) is 46.5 Å². The van der Waals surface area contributed by atoms with Gasteiger partial charge in [0.2, 0.25) is 0 Å². The van der Waals surface area contributed by atoms with E-state index < -0.39 is 5.97 Å². The van der Waals surface area contributed by atoms with E-state index in [1.165, 1.54) is 0 Å². The molecule has 0 fully saturated rings. The van der Waals surface area contributed by atoms with Gasteiger partial charge in [-0.2, -0.15) is 0 Å². The zero-order valence-corrected chi connectivity index (χ0v) is 7.93. The second kappa shape index (κ2) is 5.07. The summed E-state index contributed by atoms with van der Waals surface area (Å²) < 4.78 is 4.66. The first-order valence-electron chi connectivity index (χ1n) is 4.37. The number of carbonyl (C=O) groups is 1. The smallest absolute Gasteiger partial charge is 0.334 e. The Kier molecular flexibility index (Phi) is 3.73. The molecule has 74 valence electrons. The molecule has 0 unspecified atom stereocenters. The predicted molar refractivity (Wildman–Crippen MR) is 53.7 cm³/mol. The summed E-state index contributed by atoms with van der Waals surface area (Å²) in [5.41, 5.74) is 0.598. The lowest BCUT2D eigenvalue weighted by Crippen LogP contribution is -2.00. The number of esters is 1. The molecule has 0 amide bonds. The molecule has 0 heterocycles. The fourth-order valence-corrected chi connectivity index (χ4v) is 0.988. The van der Waals surface area contributed by atoms with E-state index in [0.717, 1.165) is 6.08 Å². The molecule has 0 saturated heterocycles. The minimum Gasteiger partial charge on any atom is -0.507 e. The minimum atomic E-state index is -0.533. The summed E-state index contributed by atoms with van der Waals surface area (Å²) in [4.78, 5) is 11.0. The molecule has 1 rings (SSSR count). The maximum atomic E-state index is 11.0. The van der Waals surface area contributed by atoms with Crippen LogP contribution in [-0.4, -0.2) is 17.7 Å². The third-order valence-corrected chi connectivity index (χ3v) is 1.61. The molecule has 0 bridgehead atoms. The maximum Gasteiger partial charge on any atom is 0.334 e. The highest BCUT2D eigenvalue weighted by Crippen LogP contribution is 2.09. The zero-order chi connectivity index (χ0) is 10.4. The molecular formula is C11H12O3. The SMILES string of the molecule is CCOC(=O)/C=C(/O)c1ccccc1. The third-order valence-electron chi connectivity index (χ3n) is 1.61.